The Bertz CT molecular complexity index is 5640. The summed E-state index contributed by atoms with van der Waals surface area (Å²) in [5.74, 6) is 1.73. The fourth-order valence-electron chi connectivity index (χ4n) is 14.3. The molecule has 0 radical (unpaired) electrons. The molecule has 5 heterocycles. The first-order chi connectivity index (χ1) is 43.8. The third-order valence-electron chi connectivity index (χ3n) is 18.8. The molecular formula is C83H65N7. The summed E-state index contributed by atoms with van der Waals surface area (Å²) in [6.07, 6.45) is 0. The number of fused-ring (bicyclic) bond motifs is 13. The van der Waals surface area contributed by atoms with E-state index in [1.54, 1.807) is 0 Å². The summed E-state index contributed by atoms with van der Waals surface area (Å²) in [6.45, 7) is 16.3. The second-order valence-corrected chi connectivity index (χ2v) is 26.4. The molecule has 0 saturated carbocycles. The number of nitrogens with zero attached hydrogens (tertiary/aromatic N) is 7. The van der Waals surface area contributed by atoms with Gasteiger partial charge < -0.3 is 4.57 Å². The predicted octanol–water partition coefficient (Wildman–Crippen LogP) is 21.5. The quantitative estimate of drug-likeness (QED) is 0.152. The number of aromatic nitrogens is 7. The normalized spacial score (nSPS) is 12.4. The van der Waals surface area contributed by atoms with E-state index in [0.29, 0.717) is 0 Å². The van der Waals surface area contributed by atoms with Crippen LogP contribution in [-0.4, -0.2) is 32.5 Å². The van der Waals surface area contributed by atoms with Gasteiger partial charge in [-0.1, -0.05) is 205 Å². The highest BCUT2D eigenvalue weighted by Gasteiger charge is 2.29. The molecule has 0 amide bonds. The lowest BCUT2D eigenvalue weighted by atomic mass is 9.84. The Hall–Kier alpha value is -11.0. The third kappa shape index (κ3) is 8.33. The average Bonchev–Trinajstić information content (AvgIpc) is 1.53. The maximum absolute atomic E-state index is 5.47. The molecule has 17 rings (SSSR count). The van der Waals surface area contributed by atoms with Gasteiger partial charge >= 0.3 is 0 Å². The van der Waals surface area contributed by atoms with Crippen LogP contribution in [0.5, 0.6) is 0 Å². The van der Waals surface area contributed by atoms with Gasteiger partial charge in [-0.25, -0.2) is 9.97 Å². The number of benzene rings is 12. The van der Waals surface area contributed by atoms with E-state index in [-0.39, 0.29) is 10.8 Å². The molecule has 0 aliphatic heterocycles. The molecule has 0 unspecified atom stereocenters. The first-order valence-corrected chi connectivity index (χ1v) is 31.3. The maximum atomic E-state index is 5.47. The summed E-state index contributed by atoms with van der Waals surface area (Å²) in [5, 5.41) is 2.49. The second-order valence-electron chi connectivity index (χ2n) is 26.4. The van der Waals surface area contributed by atoms with Gasteiger partial charge in [0.1, 0.15) is 0 Å². The molecule has 7 nitrogen and oxygen atoms in total. The molecule has 0 bridgehead atoms. The van der Waals surface area contributed by atoms with Gasteiger partial charge in [0.25, 0.3) is 0 Å². The lowest BCUT2D eigenvalue weighted by Gasteiger charge is -2.24. The SMILES string of the molecule is Cc1c(-c2ccc3c(c2)n2c4cc(-c5ccccc5)ccc4nc2n3-c2ccccc2)c(-c2ccccc2)cc(-n2c3ccc(C(C)(C)C)cc3c3cc(C(C)(C)C)ccc32)c1-c1ccc2c(c1)n1c3cc(-c4ccccc4)ccc3nc1n2-c1ccccc1. The van der Waals surface area contributed by atoms with Crippen molar-refractivity contribution in [2.75, 3.05) is 0 Å². The van der Waals surface area contributed by atoms with Crippen molar-refractivity contribution in [1.29, 1.82) is 0 Å². The lowest BCUT2D eigenvalue weighted by Crippen LogP contribution is -2.10. The van der Waals surface area contributed by atoms with Crippen molar-refractivity contribution in [3.05, 3.63) is 284 Å². The molecule has 5 aromatic heterocycles. The molecule has 0 fully saturated rings. The van der Waals surface area contributed by atoms with E-state index in [9.17, 15) is 0 Å². The Labute approximate surface area is 522 Å². The molecule has 0 aliphatic carbocycles. The number of hydrogen-bond donors (Lipinski definition) is 0. The highest BCUT2D eigenvalue weighted by atomic mass is 15.2. The fourth-order valence-corrected chi connectivity index (χ4v) is 14.3. The molecule has 0 saturated heterocycles. The first-order valence-electron chi connectivity index (χ1n) is 31.3. The molecule has 17 aromatic rings. The van der Waals surface area contributed by atoms with E-state index >= 15 is 0 Å². The van der Waals surface area contributed by atoms with Crippen LogP contribution in [0.2, 0.25) is 0 Å². The standard InChI is InChI=1S/C83H65N7/c1-52-78(58-35-41-71-75(47-58)89-73-45-56(53-23-13-8-14-24-53)33-39-67(73)84-80(89)86(71)62-29-19-11-20-30-62)64(55-27-17-10-18-28-55)51-77(88-69-43-37-60(82(2,3)4)49-65(69)66-50-61(83(5,6)7)38-44-70(66)88)79(52)59-36-42-72-76(48-59)90-74-46-57(54-25-15-9-16-26-54)34-40-68(74)85-81(90)87(72)63-31-21-12-22-32-63/h8-51H,1-7H3. The smallest absolute Gasteiger partial charge is 0.220 e. The van der Waals surface area contributed by atoms with Gasteiger partial charge in [0.05, 0.1) is 60.9 Å². The van der Waals surface area contributed by atoms with E-state index in [4.69, 9.17) is 9.97 Å². The molecule has 0 spiro atoms. The molecule has 0 N–H and O–H groups in total. The van der Waals surface area contributed by atoms with Crippen LogP contribution in [0, 0.1) is 6.92 Å². The van der Waals surface area contributed by atoms with Gasteiger partial charge in [-0.15, -0.1) is 0 Å². The van der Waals surface area contributed by atoms with Crippen LogP contribution >= 0.6 is 0 Å². The van der Waals surface area contributed by atoms with Crippen molar-refractivity contribution in [3.63, 3.8) is 0 Å². The predicted molar refractivity (Wildman–Crippen MR) is 376 cm³/mol. The largest absolute Gasteiger partial charge is 0.309 e. The average molecular weight is 1160 g/mol. The summed E-state index contributed by atoms with van der Waals surface area (Å²) in [5.41, 5.74) is 28.9. The van der Waals surface area contributed by atoms with Crippen LogP contribution in [0.3, 0.4) is 0 Å². The summed E-state index contributed by atoms with van der Waals surface area (Å²) >= 11 is 0. The Morgan fingerprint density at radius 3 is 1.10 bits per heavy atom. The van der Waals surface area contributed by atoms with Crippen molar-refractivity contribution in [1.82, 2.24) is 32.5 Å². The Balaban J connectivity index is 1.01. The highest BCUT2D eigenvalue weighted by Crippen LogP contribution is 2.49. The van der Waals surface area contributed by atoms with Gasteiger partial charge in [0, 0.05) is 27.7 Å². The Morgan fingerprint density at radius 2 is 0.667 bits per heavy atom. The van der Waals surface area contributed by atoms with Crippen LogP contribution in [0.15, 0.2) is 267 Å². The Kier molecular flexibility index (Phi) is 11.8. The molecule has 432 valence electrons. The van der Waals surface area contributed by atoms with Gasteiger partial charge in [0.2, 0.25) is 11.6 Å². The molecular weight excluding hydrogens is 1090 g/mol. The summed E-state index contributed by atoms with van der Waals surface area (Å²) in [7, 11) is 0. The zero-order valence-electron chi connectivity index (χ0n) is 51.5. The molecule has 90 heavy (non-hydrogen) atoms. The fraction of sp³-hybridized carbons (Fsp3) is 0.108. The topological polar surface area (TPSA) is 49.4 Å². The first kappa shape index (κ1) is 53.2. The van der Waals surface area contributed by atoms with Crippen molar-refractivity contribution < 1.29 is 0 Å². The minimum absolute atomic E-state index is 0.0632. The van der Waals surface area contributed by atoms with E-state index in [1.165, 1.54) is 33.0 Å². The van der Waals surface area contributed by atoms with Crippen molar-refractivity contribution in [2.45, 2.75) is 59.3 Å². The second kappa shape index (κ2) is 20.0. The summed E-state index contributed by atoms with van der Waals surface area (Å²) in [6, 6.07) is 98.2. The molecule has 0 aliphatic rings. The molecule has 0 atom stereocenters. The number of hydrogen-bond acceptors (Lipinski definition) is 2. The molecule has 12 aromatic carbocycles. The third-order valence-corrected chi connectivity index (χ3v) is 18.8. The van der Waals surface area contributed by atoms with Gasteiger partial charge in [0.15, 0.2) is 0 Å². The minimum atomic E-state index is -0.0632. The number of para-hydroxylation sites is 2. The van der Waals surface area contributed by atoms with Crippen LogP contribution < -0.4 is 0 Å². The van der Waals surface area contributed by atoms with E-state index < -0.39 is 0 Å². The number of rotatable bonds is 8. The minimum Gasteiger partial charge on any atom is -0.309 e. The van der Waals surface area contributed by atoms with Gasteiger partial charge in [-0.3, -0.25) is 17.9 Å². The van der Waals surface area contributed by atoms with Crippen LogP contribution in [0.1, 0.15) is 58.2 Å². The summed E-state index contributed by atoms with van der Waals surface area (Å²) < 4.78 is 12.0. The number of imidazole rings is 4. The summed E-state index contributed by atoms with van der Waals surface area (Å²) in [4.78, 5) is 10.9. The van der Waals surface area contributed by atoms with E-state index in [0.717, 1.165) is 134 Å². The zero-order chi connectivity index (χ0) is 60.7. The van der Waals surface area contributed by atoms with E-state index in [1.807, 2.05) is 0 Å². The van der Waals surface area contributed by atoms with Crippen LogP contribution in [0.4, 0.5) is 0 Å². The van der Waals surface area contributed by atoms with Gasteiger partial charge in [-0.05, 0) is 188 Å². The zero-order valence-corrected chi connectivity index (χ0v) is 51.5. The van der Waals surface area contributed by atoms with Crippen LogP contribution in [0.25, 0.3) is 150 Å². The maximum Gasteiger partial charge on any atom is 0.220 e. The molecule has 7 heteroatoms. The highest BCUT2D eigenvalue weighted by molar-refractivity contribution is 6.12. The van der Waals surface area contributed by atoms with Crippen LogP contribution in [-0.2, 0) is 10.8 Å². The monoisotopic (exact) mass is 1160 g/mol. The lowest BCUT2D eigenvalue weighted by molar-refractivity contribution is 0.590. The van der Waals surface area contributed by atoms with Gasteiger partial charge in [-0.2, -0.15) is 0 Å². The van der Waals surface area contributed by atoms with E-state index in [2.05, 4.69) is 338 Å². The Morgan fingerprint density at radius 1 is 0.289 bits per heavy atom. The van der Waals surface area contributed by atoms with Crippen molar-refractivity contribution >= 4 is 77.5 Å². The van der Waals surface area contributed by atoms with Crippen molar-refractivity contribution in [2.24, 2.45) is 0 Å². The van der Waals surface area contributed by atoms with Crippen molar-refractivity contribution in [3.8, 4) is 72.7 Å².